The first-order valence-corrected chi connectivity index (χ1v) is 6.62. The van der Waals surface area contributed by atoms with Gasteiger partial charge in [0.05, 0.1) is 6.54 Å². The molecule has 0 heterocycles. The van der Waals surface area contributed by atoms with Gasteiger partial charge in [-0.3, -0.25) is 15.0 Å². The average Bonchev–Trinajstić information content (AvgIpc) is 2.52. The summed E-state index contributed by atoms with van der Waals surface area (Å²) in [5.41, 5.74) is 11.9. The lowest BCUT2D eigenvalue weighted by atomic mass is 10.1. The van der Waals surface area contributed by atoms with Crippen molar-refractivity contribution in [3.8, 4) is 0 Å². The third-order valence-corrected chi connectivity index (χ3v) is 2.90. The Morgan fingerprint density at radius 2 is 1.91 bits per heavy atom. The van der Waals surface area contributed by atoms with E-state index in [0.29, 0.717) is 11.8 Å². The van der Waals surface area contributed by atoms with Gasteiger partial charge in [0.2, 0.25) is 11.8 Å². The minimum absolute atomic E-state index is 0.0360. The summed E-state index contributed by atoms with van der Waals surface area (Å²) in [5, 5.41) is 12.3. The van der Waals surface area contributed by atoms with Crippen LogP contribution in [0, 0.1) is 5.41 Å². The second-order valence-electron chi connectivity index (χ2n) is 4.55. The Morgan fingerprint density at radius 3 is 2.41 bits per heavy atom. The highest BCUT2D eigenvalue weighted by atomic mass is 16.2. The Bertz CT molecular complexity index is 556. The molecule has 2 amide bonds. The summed E-state index contributed by atoms with van der Waals surface area (Å²) < 4.78 is 0. The van der Waals surface area contributed by atoms with E-state index in [1.807, 2.05) is 0 Å². The number of nitrogen functional groups attached to an aromatic ring is 1. The molecule has 0 radical (unpaired) electrons. The maximum Gasteiger partial charge on any atom is 0.243 e. The number of nitrogens with one attached hydrogen (secondary N) is 3. The molecule has 1 rings (SSSR count). The van der Waals surface area contributed by atoms with Crippen molar-refractivity contribution in [2.75, 3.05) is 6.54 Å². The highest BCUT2D eigenvalue weighted by molar-refractivity contribution is 5.95. The Labute approximate surface area is 127 Å². The topological polar surface area (TPSA) is 151 Å². The van der Waals surface area contributed by atoms with Gasteiger partial charge < -0.3 is 26.9 Å². The van der Waals surface area contributed by atoms with Gasteiger partial charge in [-0.05, 0) is 5.56 Å². The third-order valence-electron chi connectivity index (χ3n) is 2.90. The van der Waals surface area contributed by atoms with Crippen molar-refractivity contribution in [3.63, 3.8) is 0 Å². The van der Waals surface area contributed by atoms with E-state index in [2.05, 4.69) is 10.6 Å². The third kappa shape index (κ3) is 5.33. The number of rotatable bonds is 8. The van der Waals surface area contributed by atoms with E-state index < -0.39 is 17.9 Å². The van der Waals surface area contributed by atoms with Crippen LogP contribution in [0.25, 0.3) is 0 Å². The molecule has 1 aromatic carbocycles. The normalized spacial score (nSPS) is 11.3. The molecule has 0 saturated heterocycles. The molecular formula is C14H19N5O3. The summed E-state index contributed by atoms with van der Waals surface area (Å²) in [6.07, 6.45) is 0.434. The molecule has 22 heavy (non-hydrogen) atoms. The lowest BCUT2D eigenvalue weighted by molar-refractivity contribution is -0.129. The van der Waals surface area contributed by atoms with Gasteiger partial charge in [0, 0.05) is 18.5 Å². The molecule has 0 aliphatic carbocycles. The smallest absolute Gasteiger partial charge is 0.243 e. The van der Waals surface area contributed by atoms with Gasteiger partial charge in [0.25, 0.3) is 0 Å². The van der Waals surface area contributed by atoms with Crippen molar-refractivity contribution >= 4 is 23.9 Å². The van der Waals surface area contributed by atoms with Gasteiger partial charge in [0.15, 0.2) is 0 Å². The zero-order valence-electron chi connectivity index (χ0n) is 12.0. The summed E-state index contributed by atoms with van der Waals surface area (Å²) in [4.78, 5) is 33.7. The predicted molar refractivity (Wildman–Crippen MR) is 81.0 cm³/mol. The zero-order chi connectivity index (χ0) is 16.5. The highest BCUT2D eigenvalue weighted by Crippen LogP contribution is 2.03. The second-order valence-corrected chi connectivity index (χ2v) is 4.55. The largest absolute Gasteiger partial charge is 0.384 e. The molecule has 8 nitrogen and oxygen atoms in total. The van der Waals surface area contributed by atoms with Gasteiger partial charge in [-0.15, -0.1) is 0 Å². The lowest BCUT2D eigenvalue weighted by Crippen LogP contribution is -2.48. The first-order valence-electron chi connectivity index (χ1n) is 6.62. The van der Waals surface area contributed by atoms with Gasteiger partial charge in [-0.25, -0.2) is 0 Å². The van der Waals surface area contributed by atoms with E-state index in [-0.39, 0.29) is 25.3 Å². The minimum atomic E-state index is -0.940. The van der Waals surface area contributed by atoms with Crippen molar-refractivity contribution < 1.29 is 14.4 Å². The van der Waals surface area contributed by atoms with E-state index in [4.69, 9.17) is 16.9 Å². The summed E-state index contributed by atoms with van der Waals surface area (Å²) in [5.74, 6) is -1.01. The molecule has 0 aliphatic rings. The SMILES string of the molecule is N=C(N)c1ccc(CNC(=O)C(CC=O)NC(=O)CN)cc1. The van der Waals surface area contributed by atoms with Crippen LogP contribution in [-0.4, -0.2) is 36.5 Å². The van der Waals surface area contributed by atoms with Crippen LogP contribution >= 0.6 is 0 Å². The molecular weight excluding hydrogens is 286 g/mol. The molecule has 118 valence electrons. The summed E-state index contributed by atoms with van der Waals surface area (Å²) >= 11 is 0. The molecule has 1 aromatic rings. The van der Waals surface area contributed by atoms with E-state index in [9.17, 15) is 14.4 Å². The fourth-order valence-electron chi connectivity index (χ4n) is 1.70. The zero-order valence-corrected chi connectivity index (χ0v) is 12.0. The second kappa shape index (κ2) is 8.53. The fourth-order valence-corrected chi connectivity index (χ4v) is 1.70. The first-order chi connectivity index (χ1) is 10.5. The van der Waals surface area contributed by atoms with Gasteiger partial charge in [-0.2, -0.15) is 0 Å². The minimum Gasteiger partial charge on any atom is -0.384 e. The van der Waals surface area contributed by atoms with Crippen molar-refractivity contribution in [1.29, 1.82) is 5.41 Å². The Balaban J connectivity index is 2.59. The monoisotopic (exact) mass is 305 g/mol. The van der Waals surface area contributed by atoms with Crippen LogP contribution in [0.15, 0.2) is 24.3 Å². The molecule has 8 heteroatoms. The number of amides is 2. The molecule has 1 atom stereocenters. The Hall–Kier alpha value is -2.74. The van der Waals surface area contributed by atoms with Crippen molar-refractivity contribution in [2.24, 2.45) is 11.5 Å². The summed E-state index contributed by atoms with van der Waals surface area (Å²) in [6.45, 7) is -0.0278. The maximum atomic E-state index is 12.0. The van der Waals surface area contributed by atoms with Gasteiger partial charge in [-0.1, -0.05) is 24.3 Å². The Kier molecular flexibility index (Phi) is 6.71. The summed E-state index contributed by atoms with van der Waals surface area (Å²) in [6, 6.07) is 5.85. The molecule has 7 N–H and O–H groups in total. The van der Waals surface area contributed by atoms with Crippen molar-refractivity contribution in [1.82, 2.24) is 10.6 Å². The number of aldehydes is 1. The molecule has 0 bridgehead atoms. The molecule has 1 unspecified atom stereocenters. The van der Waals surface area contributed by atoms with Crippen LogP contribution in [0.1, 0.15) is 17.5 Å². The van der Waals surface area contributed by atoms with Crippen LogP contribution in [0.5, 0.6) is 0 Å². The van der Waals surface area contributed by atoms with E-state index in [1.54, 1.807) is 24.3 Å². The van der Waals surface area contributed by atoms with E-state index in [0.717, 1.165) is 5.56 Å². The van der Waals surface area contributed by atoms with Crippen LogP contribution < -0.4 is 22.1 Å². The molecule has 0 aromatic heterocycles. The number of amidine groups is 1. The number of benzene rings is 1. The van der Waals surface area contributed by atoms with Crippen molar-refractivity contribution in [3.05, 3.63) is 35.4 Å². The van der Waals surface area contributed by atoms with Crippen LogP contribution in [-0.2, 0) is 20.9 Å². The van der Waals surface area contributed by atoms with E-state index in [1.165, 1.54) is 0 Å². The van der Waals surface area contributed by atoms with Crippen LogP contribution in [0.2, 0.25) is 0 Å². The summed E-state index contributed by atoms with van der Waals surface area (Å²) in [7, 11) is 0. The maximum absolute atomic E-state index is 12.0. The molecule has 0 aliphatic heterocycles. The van der Waals surface area contributed by atoms with Crippen LogP contribution in [0.4, 0.5) is 0 Å². The average molecular weight is 305 g/mol. The van der Waals surface area contributed by atoms with Gasteiger partial charge in [0.1, 0.15) is 18.2 Å². The number of carbonyl (C=O) groups is 3. The number of hydrogen-bond donors (Lipinski definition) is 5. The highest BCUT2D eigenvalue weighted by Gasteiger charge is 2.19. The number of hydrogen-bond acceptors (Lipinski definition) is 5. The standard InChI is InChI=1S/C14H19N5O3/c15-7-12(21)19-11(5-6-20)14(22)18-8-9-1-3-10(4-2-9)13(16)17/h1-4,6,11H,5,7-8,15H2,(H3,16,17)(H,18,22)(H,19,21). The predicted octanol–water partition coefficient (Wildman–Crippen LogP) is -1.38. The lowest BCUT2D eigenvalue weighted by Gasteiger charge is -2.16. The molecule has 0 fully saturated rings. The van der Waals surface area contributed by atoms with Crippen LogP contribution in [0.3, 0.4) is 0 Å². The Morgan fingerprint density at radius 1 is 1.27 bits per heavy atom. The molecule has 0 saturated carbocycles. The number of nitrogens with two attached hydrogens (primary N) is 2. The number of carbonyl (C=O) groups excluding carboxylic acids is 3. The quantitative estimate of drug-likeness (QED) is 0.228. The van der Waals surface area contributed by atoms with E-state index >= 15 is 0 Å². The molecule has 0 spiro atoms. The first kappa shape index (κ1) is 17.3. The van der Waals surface area contributed by atoms with Crippen molar-refractivity contribution in [2.45, 2.75) is 19.0 Å². The fraction of sp³-hybridized carbons (Fsp3) is 0.286. The van der Waals surface area contributed by atoms with Gasteiger partial charge >= 0.3 is 0 Å².